The lowest BCUT2D eigenvalue weighted by Crippen LogP contribution is -2.12. The maximum absolute atomic E-state index is 13.5. The summed E-state index contributed by atoms with van der Waals surface area (Å²) in [5.41, 5.74) is -4.89. The predicted molar refractivity (Wildman–Crippen MR) is 63.5 cm³/mol. The van der Waals surface area contributed by atoms with Crippen molar-refractivity contribution < 1.29 is 44.5 Å². The molecule has 120 valence electrons. The molecule has 0 radical (unpaired) electrons. The van der Waals surface area contributed by atoms with Crippen LogP contribution in [0.1, 0.15) is 0 Å². The van der Waals surface area contributed by atoms with Crippen LogP contribution in [-0.2, 0) is 18.9 Å². The molecule has 0 aliphatic carbocycles. The number of rotatable bonds is 5. The molecule has 0 amide bonds. The van der Waals surface area contributed by atoms with Crippen molar-refractivity contribution in [2.24, 2.45) is 0 Å². The number of halogens is 4. The molecule has 0 unspecified atom stereocenters. The van der Waals surface area contributed by atoms with Gasteiger partial charge in [0.1, 0.15) is 10.7 Å². The fraction of sp³-hybridized carbons (Fsp3) is 0.250. The molecule has 2 N–H and O–H groups in total. The Kier molecular flexibility index (Phi) is 5.45. The van der Waals surface area contributed by atoms with E-state index in [1.54, 1.807) is 0 Å². The molecule has 1 rings (SSSR count). The zero-order chi connectivity index (χ0) is 16.5. The summed E-state index contributed by atoms with van der Waals surface area (Å²) < 4.78 is 88.1. The molecule has 0 heterocycles. The zero-order valence-corrected chi connectivity index (χ0v) is 12.3. The van der Waals surface area contributed by atoms with Crippen molar-refractivity contribution >= 4 is 29.5 Å². The molecule has 0 aliphatic rings. The van der Waals surface area contributed by atoms with Gasteiger partial charge >= 0.3 is 23.2 Å². The maximum Gasteiger partial charge on any atom is 0.446 e. The van der Waals surface area contributed by atoms with Crippen molar-refractivity contribution in [3.8, 4) is 0 Å². The topological polar surface area (TPSA) is 101 Å². The summed E-state index contributed by atoms with van der Waals surface area (Å²) in [5.74, 6) is -1.53. The lowest BCUT2D eigenvalue weighted by molar-refractivity contribution is -0.0329. The van der Waals surface area contributed by atoms with Crippen molar-refractivity contribution in [1.82, 2.24) is 0 Å². The number of hydrogen-bond donors (Lipinski definition) is 2. The summed E-state index contributed by atoms with van der Waals surface area (Å²) in [6.45, 7) is 0. The Balaban J connectivity index is 3.25. The fourth-order valence-corrected chi connectivity index (χ4v) is 3.99. The quantitative estimate of drug-likeness (QED) is 0.355. The third-order valence-electron chi connectivity index (χ3n) is 1.78. The summed E-state index contributed by atoms with van der Waals surface area (Å²) in [4.78, 5) is 14.6. The van der Waals surface area contributed by atoms with Crippen LogP contribution in [0.2, 0.25) is 0 Å². The van der Waals surface area contributed by atoms with Gasteiger partial charge in [-0.1, -0.05) is 6.07 Å². The highest BCUT2D eigenvalue weighted by atomic mass is 32.2. The second kappa shape index (κ2) is 6.23. The van der Waals surface area contributed by atoms with Gasteiger partial charge in [0.2, 0.25) is 0 Å². The second-order valence-corrected chi connectivity index (χ2v) is 7.73. The Morgan fingerprint density at radius 2 is 1.86 bits per heavy atom. The van der Waals surface area contributed by atoms with Crippen molar-refractivity contribution in [3.05, 3.63) is 24.0 Å². The molecular formula is C8H7F4O6PS2. The average molecular weight is 370 g/mol. The van der Waals surface area contributed by atoms with Gasteiger partial charge in [-0.25, -0.2) is 4.39 Å². The van der Waals surface area contributed by atoms with Crippen LogP contribution in [0.25, 0.3) is 0 Å². The van der Waals surface area contributed by atoms with Crippen LogP contribution >= 0.6 is 19.4 Å². The minimum atomic E-state index is -5.12. The van der Waals surface area contributed by atoms with Crippen LogP contribution in [0.15, 0.2) is 28.0 Å². The molecule has 0 bridgehead atoms. The van der Waals surface area contributed by atoms with Gasteiger partial charge in [-0.2, -0.15) is 21.6 Å². The van der Waals surface area contributed by atoms with Crippen molar-refractivity contribution in [2.45, 2.75) is 15.3 Å². The third kappa shape index (κ3) is 5.93. The summed E-state index contributed by atoms with van der Waals surface area (Å²) in [7, 11) is -10.0. The summed E-state index contributed by atoms with van der Waals surface area (Å²) in [6.07, 6.45) is -1.61. The van der Waals surface area contributed by atoms with Crippen LogP contribution < -0.4 is 0 Å². The lowest BCUT2D eigenvalue weighted by atomic mass is 10.3. The minimum Gasteiger partial charge on any atom is -0.323 e. The van der Waals surface area contributed by atoms with Gasteiger partial charge < -0.3 is 9.79 Å². The average Bonchev–Trinajstić information content (AvgIpc) is 2.23. The van der Waals surface area contributed by atoms with E-state index >= 15 is 0 Å². The smallest absolute Gasteiger partial charge is 0.323 e. The Morgan fingerprint density at radius 3 is 2.33 bits per heavy atom. The van der Waals surface area contributed by atoms with Crippen molar-refractivity contribution in [2.75, 3.05) is 6.35 Å². The molecule has 21 heavy (non-hydrogen) atoms. The second-order valence-electron chi connectivity index (χ2n) is 3.48. The first-order valence-electron chi connectivity index (χ1n) is 4.80. The van der Waals surface area contributed by atoms with Crippen molar-refractivity contribution in [1.29, 1.82) is 0 Å². The Labute approximate surface area is 120 Å². The Bertz CT molecular complexity index is 668. The summed E-state index contributed by atoms with van der Waals surface area (Å²) in [5, 5.41) is 0. The number of alkyl halides is 3. The standard InChI is InChI=1S/C8H7F4O6PS2/c9-5-2-1-3-6(20-8(10,11)12)7(5)21(16,17)18-4-19(13,14)15/h1-3H,4H2,(H2,13,14,15). The van der Waals surface area contributed by atoms with Crippen LogP contribution in [-0.4, -0.2) is 30.1 Å². The van der Waals surface area contributed by atoms with E-state index in [9.17, 15) is 30.5 Å². The first kappa shape index (κ1) is 18.4. The van der Waals surface area contributed by atoms with E-state index in [-0.39, 0.29) is 0 Å². The van der Waals surface area contributed by atoms with E-state index < -0.39 is 56.9 Å². The molecule has 0 saturated carbocycles. The SMILES string of the molecule is O=P(O)(O)COS(=O)(=O)c1c(F)cccc1SC(F)(F)F. The maximum atomic E-state index is 13.5. The van der Waals surface area contributed by atoms with Crippen LogP contribution in [0.4, 0.5) is 17.6 Å². The molecule has 0 fully saturated rings. The molecule has 1 aromatic rings. The highest BCUT2D eigenvalue weighted by molar-refractivity contribution is 8.00. The van der Waals surface area contributed by atoms with E-state index in [4.69, 9.17) is 9.79 Å². The molecule has 1 aromatic carbocycles. The molecule has 6 nitrogen and oxygen atoms in total. The first-order valence-corrected chi connectivity index (χ1v) is 8.82. The van der Waals surface area contributed by atoms with Gasteiger partial charge in [0, 0.05) is 4.90 Å². The summed E-state index contributed by atoms with van der Waals surface area (Å²) in [6, 6.07) is 2.12. The number of thioether (sulfide) groups is 1. The molecular weight excluding hydrogens is 363 g/mol. The van der Waals surface area contributed by atoms with Crippen LogP contribution in [0.3, 0.4) is 0 Å². The van der Waals surface area contributed by atoms with Gasteiger partial charge in [0.15, 0.2) is 6.35 Å². The van der Waals surface area contributed by atoms with Gasteiger partial charge in [-0.15, -0.1) is 0 Å². The van der Waals surface area contributed by atoms with E-state index in [1.165, 1.54) is 0 Å². The molecule has 0 spiro atoms. The molecule has 0 saturated heterocycles. The highest BCUT2D eigenvalue weighted by Gasteiger charge is 2.35. The zero-order valence-electron chi connectivity index (χ0n) is 9.74. The normalized spacial score (nSPS) is 13.4. The molecule has 0 aliphatic heterocycles. The van der Waals surface area contributed by atoms with E-state index in [0.29, 0.717) is 12.1 Å². The number of benzene rings is 1. The summed E-state index contributed by atoms with van der Waals surface area (Å²) >= 11 is -0.891. The van der Waals surface area contributed by atoms with Gasteiger partial charge in [-0.3, -0.25) is 8.75 Å². The molecule has 0 aromatic heterocycles. The minimum absolute atomic E-state index is 0.578. The fourth-order valence-electron chi connectivity index (χ4n) is 1.13. The largest absolute Gasteiger partial charge is 0.446 e. The monoisotopic (exact) mass is 370 g/mol. The van der Waals surface area contributed by atoms with E-state index in [2.05, 4.69) is 4.18 Å². The third-order valence-corrected chi connectivity index (χ3v) is 4.69. The van der Waals surface area contributed by atoms with E-state index in [0.717, 1.165) is 6.07 Å². The molecule has 13 heteroatoms. The highest BCUT2D eigenvalue weighted by Crippen LogP contribution is 2.42. The van der Waals surface area contributed by atoms with Crippen molar-refractivity contribution in [3.63, 3.8) is 0 Å². The van der Waals surface area contributed by atoms with Crippen LogP contribution in [0, 0.1) is 5.82 Å². The lowest BCUT2D eigenvalue weighted by Gasteiger charge is -2.12. The van der Waals surface area contributed by atoms with Gasteiger partial charge in [-0.05, 0) is 23.9 Å². The predicted octanol–water partition coefficient (Wildman–Crippen LogP) is 2.28. The van der Waals surface area contributed by atoms with Gasteiger partial charge in [0.05, 0.1) is 0 Å². The van der Waals surface area contributed by atoms with Gasteiger partial charge in [0.25, 0.3) is 0 Å². The van der Waals surface area contributed by atoms with Crippen LogP contribution in [0.5, 0.6) is 0 Å². The number of hydrogen-bond acceptors (Lipinski definition) is 5. The van der Waals surface area contributed by atoms with E-state index in [1.807, 2.05) is 0 Å². The Morgan fingerprint density at radius 1 is 1.29 bits per heavy atom. The first-order chi connectivity index (χ1) is 9.32. The molecule has 0 atom stereocenters. The Hall–Kier alpha value is -0.650.